The van der Waals surface area contributed by atoms with Crippen LogP contribution >= 0.6 is 12.4 Å². The third-order valence-electron chi connectivity index (χ3n) is 1.94. The van der Waals surface area contributed by atoms with E-state index >= 15 is 0 Å². The van der Waals surface area contributed by atoms with Crippen molar-refractivity contribution in [2.45, 2.75) is 12.8 Å². The monoisotopic (exact) mass is 194 g/mol. The highest BCUT2D eigenvalue weighted by Gasteiger charge is 2.12. The van der Waals surface area contributed by atoms with E-state index in [0.717, 1.165) is 25.9 Å². The van der Waals surface area contributed by atoms with Gasteiger partial charge < -0.3 is 15.7 Å². The van der Waals surface area contributed by atoms with E-state index in [2.05, 4.69) is 10.6 Å². The maximum atomic E-state index is 10.1. The lowest BCUT2D eigenvalue weighted by atomic mass is 10.00. The molecule has 5 heteroatoms. The number of hydrogen-bond donors (Lipinski definition) is 3. The van der Waals surface area contributed by atoms with Gasteiger partial charge in [0.05, 0.1) is 0 Å². The number of carbonyl (C=O) groups is 1. The Morgan fingerprint density at radius 1 is 1.67 bits per heavy atom. The summed E-state index contributed by atoms with van der Waals surface area (Å²) in [7, 11) is 0. The van der Waals surface area contributed by atoms with Gasteiger partial charge in [0.1, 0.15) is 0 Å². The summed E-state index contributed by atoms with van der Waals surface area (Å²) in [5, 5.41) is 13.9. The Labute approximate surface area is 78.1 Å². The fourth-order valence-corrected chi connectivity index (χ4v) is 1.33. The summed E-state index contributed by atoms with van der Waals surface area (Å²) in [5.41, 5.74) is 0. The van der Waals surface area contributed by atoms with Crippen molar-refractivity contribution in [3.05, 3.63) is 0 Å². The maximum Gasteiger partial charge on any atom is 0.404 e. The van der Waals surface area contributed by atoms with Crippen LogP contribution in [0.4, 0.5) is 4.79 Å². The highest BCUT2D eigenvalue weighted by atomic mass is 35.5. The van der Waals surface area contributed by atoms with E-state index in [-0.39, 0.29) is 12.4 Å². The molecule has 0 aromatic carbocycles. The van der Waals surface area contributed by atoms with E-state index in [1.54, 1.807) is 0 Å². The van der Waals surface area contributed by atoms with Crippen molar-refractivity contribution in [1.29, 1.82) is 0 Å². The van der Waals surface area contributed by atoms with Gasteiger partial charge in [-0.3, -0.25) is 0 Å². The van der Waals surface area contributed by atoms with Crippen molar-refractivity contribution in [1.82, 2.24) is 10.6 Å². The average Bonchev–Trinajstić information content (AvgIpc) is 2.03. The van der Waals surface area contributed by atoms with Crippen molar-refractivity contribution in [3.8, 4) is 0 Å². The minimum atomic E-state index is -0.921. The molecule has 1 aliphatic rings. The Morgan fingerprint density at radius 2 is 2.42 bits per heavy atom. The van der Waals surface area contributed by atoms with Crippen LogP contribution < -0.4 is 10.6 Å². The smallest absolute Gasteiger partial charge is 0.404 e. The lowest BCUT2D eigenvalue weighted by Gasteiger charge is -2.22. The molecule has 0 aromatic rings. The van der Waals surface area contributed by atoms with Crippen LogP contribution in [0.2, 0.25) is 0 Å². The van der Waals surface area contributed by atoms with Crippen molar-refractivity contribution in [3.63, 3.8) is 0 Å². The van der Waals surface area contributed by atoms with Gasteiger partial charge in [0.2, 0.25) is 0 Å². The molecule has 1 unspecified atom stereocenters. The van der Waals surface area contributed by atoms with E-state index in [0.29, 0.717) is 12.5 Å². The van der Waals surface area contributed by atoms with Gasteiger partial charge in [-0.25, -0.2) is 4.79 Å². The maximum absolute atomic E-state index is 10.1. The van der Waals surface area contributed by atoms with E-state index < -0.39 is 6.09 Å². The fraction of sp³-hybridized carbons (Fsp3) is 0.857. The lowest BCUT2D eigenvalue weighted by molar-refractivity contribution is 0.191. The lowest BCUT2D eigenvalue weighted by Crippen LogP contribution is -2.37. The molecule has 1 aliphatic heterocycles. The van der Waals surface area contributed by atoms with E-state index in [1.165, 1.54) is 0 Å². The fourth-order valence-electron chi connectivity index (χ4n) is 1.33. The predicted octanol–water partition coefficient (Wildman–Crippen LogP) is 0.675. The van der Waals surface area contributed by atoms with Crippen LogP contribution in [0, 0.1) is 5.92 Å². The molecule has 0 bridgehead atoms. The van der Waals surface area contributed by atoms with Gasteiger partial charge in [-0.2, -0.15) is 0 Å². The van der Waals surface area contributed by atoms with Crippen molar-refractivity contribution >= 4 is 18.5 Å². The first-order valence-corrected chi connectivity index (χ1v) is 3.96. The second kappa shape index (κ2) is 6.08. The Balaban J connectivity index is 0.00000121. The number of amides is 1. The molecular weight excluding hydrogens is 180 g/mol. The first-order valence-electron chi connectivity index (χ1n) is 3.96. The number of halogens is 1. The number of piperidine rings is 1. The average molecular weight is 195 g/mol. The molecule has 1 atom stereocenters. The summed E-state index contributed by atoms with van der Waals surface area (Å²) in [6.45, 7) is 2.60. The minimum Gasteiger partial charge on any atom is -0.465 e. The van der Waals surface area contributed by atoms with Crippen LogP contribution in [0.25, 0.3) is 0 Å². The summed E-state index contributed by atoms with van der Waals surface area (Å²) >= 11 is 0. The van der Waals surface area contributed by atoms with Crippen LogP contribution in [0.1, 0.15) is 12.8 Å². The summed E-state index contributed by atoms with van der Waals surface area (Å²) in [4.78, 5) is 10.1. The Morgan fingerprint density at radius 3 is 2.92 bits per heavy atom. The Kier molecular flexibility index (Phi) is 5.84. The van der Waals surface area contributed by atoms with Crippen molar-refractivity contribution < 1.29 is 9.90 Å². The summed E-state index contributed by atoms with van der Waals surface area (Å²) < 4.78 is 0. The molecule has 4 nitrogen and oxygen atoms in total. The van der Waals surface area contributed by atoms with E-state index in [1.807, 2.05) is 0 Å². The molecule has 1 amide bonds. The van der Waals surface area contributed by atoms with Gasteiger partial charge in [-0.05, 0) is 31.8 Å². The van der Waals surface area contributed by atoms with Crippen LogP contribution in [-0.2, 0) is 0 Å². The van der Waals surface area contributed by atoms with Gasteiger partial charge in [-0.1, -0.05) is 0 Å². The molecule has 0 saturated carbocycles. The van der Waals surface area contributed by atoms with Crippen molar-refractivity contribution in [2.75, 3.05) is 19.6 Å². The van der Waals surface area contributed by atoms with Gasteiger partial charge in [-0.15, -0.1) is 12.4 Å². The zero-order valence-corrected chi connectivity index (χ0v) is 7.69. The second-order valence-corrected chi connectivity index (χ2v) is 2.90. The molecule has 0 radical (unpaired) electrons. The number of nitrogens with one attached hydrogen (secondary N) is 2. The summed E-state index contributed by atoms with van der Waals surface area (Å²) in [6.07, 6.45) is 1.37. The first-order chi connectivity index (χ1) is 5.29. The van der Waals surface area contributed by atoms with Gasteiger partial charge >= 0.3 is 6.09 Å². The Hall–Kier alpha value is -0.480. The van der Waals surface area contributed by atoms with Gasteiger partial charge in [0.25, 0.3) is 0 Å². The number of hydrogen-bond acceptors (Lipinski definition) is 2. The third-order valence-corrected chi connectivity index (χ3v) is 1.94. The number of carboxylic acid groups (broad SMARTS) is 1. The largest absolute Gasteiger partial charge is 0.465 e. The minimum absolute atomic E-state index is 0. The zero-order chi connectivity index (χ0) is 8.10. The molecule has 72 valence electrons. The highest BCUT2D eigenvalue weighted by molar-refractivity contribution is 5.85. The second-order valence-electron chi connectivity index (χ2n) is 2.90. The quantitative estimate of drug-likeness (QED) is 0.606. The highest BCUT2D eigenvalue weighted by Crippen LogP contribution is 2.07. The summed E-state index contributed by atoms with van der Waals surface area (Å²) in [6, 6.07) is 0. The molecule has 0 aromatic heterocycles. The van der Waals surface area contributed by atoms with Crippen LogP contribution in [0.3, 0.4) is 0 Å². The van der Waals surface area contributed by atoms with Crippen LogP contribution in [0.15, 0.2) is 0 Å². The van der Waals surface area contributed by atoms with Gasteiger partial charge in [0, 0.05) is 6.54 Å². The predicted molar refractivity (Wildman–Crippen MR) is 48.9 cm³/mol. The molecule has 3 N–H and O–H groups in total. The van der Waals surface area contributed by atoms with Gasteiger partial charge in [0.15, 0.2) is 0 Å². The molecule has 1 saturated heterocycles. The molecule has 12 heavy (non-hydrogen) atoms. The Bertz CT molecular complexity index is 137. The number of rotatable bonds is 2. The molecule has 1 fully saturated rings. The normalized spacial score (nSPS) is 22.5. The topological polar surface area (TPSA) is 61.4 Å². The molecular formula is C7H15ClN2O2. The van der Waals surface area contributed by atoms with Crippen molar-refractivity contribution in [2.24, 2.45) is 5.92 Å². The molecule has 0 spiro atoms. The summed E-state index contributed by atoms with van der Waals surface area (Å²) in [5.74, 6) is 0.486. The molecule has 1 rings (SSSR count). The SMILES string of the molecule is Cl.O=C(O)NCC1CCCNC1. The third kappa shape index (κ3) is 4.41. The van der Waals surface area contributed by atoms with Crippen LogP contribution in [-0.4, -0.2) is 30.8 Å². The molecule has 0 aliphatic carbocycles. The standard InChI is InChI=1S/C7H14N2O2.ClH/c10-7(11)9-5-6-2-1-3-8-4-6;/h6,8-9H,1-5H2,(H,10,11);1H. The first kappa shape index (κ1) is 11.5. The van der Waals surface area contributed by atoms with E-state index in [9.17, 15) is 4.79 Å². The molecule has 1 heterocycles. The zero-order valence-electron chi connectivity index (χ0n) is 6.88. The van der Waals surface area contributed by atoms with Crippen LogP contribution in [0.5, 0.6) is 0 Å². The van der Waals surface area contributed by atoms with E-state index in [4.69, 9.17) is 5.11 Å².